The van der Waals surface area contributed by atoms with Crippen molar-refractivity contribution in [3.8, 4) is 0 Å². The Morgan fingerprint density at radius 3 is 2.78 bits per heavy atom. The SMILES string of the molecule is CN(C)C1CCN(C(=O)c2ccc(F)cc2N)C1. The number of hydrogen-bond acceptors (Lipinski definition) is 3. The molecule has 1 aromatic carbocycles. The van der Waals surface area contributed by atoms with Gasteiger partial charge in [-0.05, 0) is 38.7 Å². The van der Waals surface area contributed by atoms with Gasteiger partial charge in [-0.3, -0.25) is 4.79 Å². The predicted molar refractivity (Wildman–Crippen MR) is 68.8 cm³/mol. The maximum Gasteiger partial charge on any atom is 0.256 e. The molecule has 1 heterocycles. The van der Waals surface area contributed by atoms with Crippen LogP contribution in [0.1, 0.15) is 16.8 Å². The van der Waals surface area contributed by atoms with Crippen molar-refractivity contribution in [1.29, 1.82) is 0 Å². The molecule has 0 spiro atoms. The van der Waals surface area contributed by atoms with Gasteiger partial charge in [0.2, 0.25) is 0 Å². The molecule has 1 aliphatic heterocycles. The van der Waals surface area contributed by atoms with Crippen LogP contribution in [0.15, 0.2) is 18.2 Å². The van der Waals surface area contributed by atoms with Gasteiger partial charge in [-0.25, -0.2) is 4.39 Å². The molecule has 1 saturated heterocycles. The Bertz CT molecular complexity index is 462. The normalized spacial score (nSPS) is 19.6. The second kappa shape index (κ2) is 4.94. The zero-order valence-electron chi connectivity index (χ0n) is 10.7. The average Bonchev–Trinajstić information content (AvgIpc) is 2.77. The van der Waals surface area contributed by atoms with Crippen molar-refractivity contribution < 1.29 is 9.18 Å². The third-order valence-electron chi connectivity index (χ3n) is 3.42. The molecule has 0 aliphatic carbocycles. The Morgan fingerprint density at radius 1 is 1.50 bits per heavy atom. The summed E-state index contributed by atoms with van der Waals surface area (Å²) in [6.45, 7) is 1.42. The van der Waals surface area contributed by atoms with E-state index < -0.39 is 5.82 Å². The number of anilines is 1. The van der Waals surface area contributed by atoms with Crippen LogP contribution in [0.2, 0.25) is 0 Å². The van der Waals surface area contributed by atoms with Gasteiger partial charge in [-0.2, -0.15) is 0 Å². The Balaban J connectivity index is 2.13. The highest BCUT2D eigenvalue weighted by Crippen LogP contribution is 2.20. The molecular formula is C13H18FN3O. The predicted octanol–water partition coefficient (Wildman–Crippen LogP) is 1.18. The molecule has 4 nitrogen and oxygen atoms in total. The van der Waals surface area contributed by atoms with Crippen LogP contribution in [0.25, 0.3) is 0 Å². The highest BCUT2D eigenvalue weighted by Gasteiger charge is 2.28. The number of benzene rings is 1. The van der Waals surface area contributed by atoms with Crippen molar-refractivity contribution in [2.24, 2.45) is 0 Å². The van der Waals surface area contributed by atoms with Crippen molar-refractivity contribution in [1.82, 2.24) is 9.80 Å². The molecule has 18 heavy (non-hydrogen) atoms. The summed E-state index contributed by atoms with van der Waals surface area (Å²) in [6, 6.07) is 4.29. The van der Waals surface area contributed by atoms with E-state index in [1.165, 1.54) is 18.2 Å². The van der Waals surface area contributed by atoms with E-state index >= 15 is 0 Å². The van der Waals surface area contributed by atoms with E-state index in [1.807, 2.05) is 14.1 Å². The third kappa shape index (κ3) is 2.46. The lowest BCUT2D eigenvalue weighted by Gasteiger charge is -2.20. The number of likely N-dealkylation sites (N-methyl/N-ethyl adjacent to an activating group) is 1. The number of nitrogens with two attached hydrogens (primary N) is 1. The highest BCUT2D eigenvalue weighted by atomic mass is 19.1. The van der Waals surface area contributed by atoms with Crippen LogP contribution in [0.5, 0.6) is 0 Å². The summed E-state index contributed by atoms with van der Waals surface area (Å²) >= 11 is 0. The van der Waals surface area contributed by atoms with E-state index in [4.69, 9.17) is 5.73 Å². The standard InChI is InChI=1S/C13H18FN3O/c1-16(2)10-5-6-17(8-10)13(18)11-4-3-9(14)7-12(11)15/h3-4,7,10H,5-6,8,15H2,1-2H3. The molecule has 1 aliphatic rings. The summed E-state index contributed by atoms with van der Waals surface area (Å²) in [6.07, 6.45) is 0.958. The Morgan fingerprint density at radius 2 is 2.22 bits per heavy atom. The smallest absolute Gasteiger partial charge is 0.256 e. The largest absolute Gasteiger partial charge is 0.398 e. The number of rotatable bonds is 2. The van der Waals surface area contributed by atoms with Gasteiger partial charge in [-0.1, -0.05) is 0 Å². The van der Waals surface area contributed by atoms with Crippen LogP contribution in [0.4, 0.5) is 10.1 Å². The molecule has 0 aromatic heterocycles. The van der Waals surface area contributed by atoms with Gasteiger partial charge in [0.05, 0.1) is 5.56 Å². The summed E-state index contributed by atoms with van der Waals surface area (Å²) in [7, 11) is 4.01. The van der Waals surface area contributed by atoms with Crippen LogP contribution in [0.3, 0.4) is 0 Å². The van der Waals surface area contributed by atoms with Crippen LogP contribution < -0.4 is 5.73 Å². The second-order valence-corrected chi connectivity index (χ2v) is 4.89. The molecule has 2 rings (SSSR count). The number of likely N-dealkylation sites (tertiary alicyclic amines) is 1. The van der Waals surface area contributed by atoms with E-state index in [0.717, 1.165) is 13.0 Å². The summed E-state index contributed by atoms with van der Waals surface area (Å²) in [4.78, 5) is 16.1. The van der Waals surface area contributed by atoms with Gasteiger partial charge >= 0.3 is 0 Å². The van der Waals surface area contributed by atoms with Crippen molar-refractivity contribution >= 4 is 11.6 Å². The van der Waals surface area contributed by atoms with Crippen molar-refractivity contribution in [2.45, 2.75) is 12.5 Å². The number of hydrogen-bond donors (Lipinski definition) is 1. The minimum atomic E-state index is -0.420. The number of nitrogen functional groups attached to an aromatic ring is 1. The van der Waals surface area contributed by atoms with E-state index in [0.29, 0.717) is 18.2 Å². The first kappa shape index (κ1) is 12.8. The molecule has 1 unspecified atom stereocenters. The summed E-state index contributed by atoms with van der Waals surface area (Å²) in [5.41, 5.74) is 6.27. The molecule has 0 radical (unpaired) electrons. The Hall–Kier alpha value is -1.62. The van der Waals surface area contributed by atoms with E-state index in [9.17, 15) is 9.18 Å². The third-order valence-corrected chi connectivity index (χ3v) is 3.42. The van der Waals surface area contributed by atoms with Gasteiger partial charge in [0.1, 0.15) is 5.82 Å². The molecular weight excluding hydrogens is 233 g/mol. The number of carbonyl (C=O) groups excluding carboxylic acids is 1. The van der Waals surface area contributed by atoms with Gasteiger partial charge in [-0.15, -0.1) is 0 Å². The Labute approximate surface area is 106 Å². The molecule has 2 N–H and O–H groups in total. The minimum Gasteiger partial charge on any atom is -0.398 e. The highest BCUT2D eigenvalue weighted by molar-refractivity contribution is 5.99. The van der Waals surface area contributed by atoms with Gasteiger partial charge in [0.25, 0.3) is 5.91 Å². The number of nitrogens with zero attached hydrogens (tertiary/aromatic N) is 2. The minimum absolute atomic E-state index is 0.114. The summed E-state index contributed by atoms with van der Waals surface area (Å²) in [5, 5.41) is 0. The lowest BCUT2D eigenvalue weighted by molar-refractivity contribution is 0.0784. The Kier molecular flexibility index (Phi) is 3.52. The lowest BCUT2D eigenvalue weighted by atomic mass is 10.1. The topological polar surface area (TPSA) is 49.6 Å². The first-order chi connectivity index (χ1) is 8.49. The molecule has 1 fully saturated rings. The van der Waals surface area contributed by atoms with Gasteiger partial charge in [0, 0.05) is 24.8 Å². The van der Waals surface area contributed by atoms with E-state index in [1.54, 1.807) is 4.90 Å². The molecule has 0 saturated carbocycles. The molecule has 1 atom stereocenters. The lowest BCUT2D eigenvalue weighted by Crippen LogP contribution is -2.34. The number of amides is 1. The van der Waals surface area contributed by atoms with Crippen molar-refractivity contribution in [3.05, 3.63) is 29.6 Å². The van der Waals surface area contributed by atoms with E-state index in [2.05, 4.69) is 4.90 Å². The fourth-order valence-corrected chi connectivity index (χ4v) is 2.25. The maximum absolute atomic E-state index is 12.9. The quantitative estimate of drug-likeness (QED) is 0.803. The summed E-state index contributed by atoms with van der Waals surface area (Å²) in [5.74, 6) is -0.534. The molecule has 5 heteroatoms. The second-order valence-electron chi connectivity index (χ2n) is 4.89. The molecule has 0 bridgehead atoms. The van der Waals surface area contributed by atoms with Crippen LogP contribution in [-0.2, 0) is 0 Å². The monoisotopic (exact) mass is 251 g/mol. The number of carbonyl (C=O) groups is 1. The van der Waals surface area contributed by atoms with Crippen molar-refractivity contribution in [2.75, 3.05) is 32.9 Å². The molecule has 98 valence electrons. The first-order valence-electron chi connectivity index (χ1n) is 6.00. The first-order valence-corrected chi connectivity index (χ1v) is 6.00. The van der Waals surface area contributed by atoms with Crippen LogP contribution >= 0.6 is 0 Å². The van der Waals surface area contributed by atoms with Gasteiger partial charge in [0.15, 0.2) is 0 Å². The zero-order valence-corrected chi connectivity index (χ0v) is 10.7. The zero-order chi connectivity index (χ0) is 13.3. The molecule has 1 amide bonds. The van der Waals surface area contributed by atoms with E-state index in [-0.39, 0.29) is 11.6 Å². The van der Waals surface area contributed by atoms with Crippen LogP contribution in [-0.4, -0.2) is 48.9 Å². The maximum atomic E-state index is 12.9. The molecule has 1 aromatic rings. The summed E-state index contributed by atoms with van der Waals surface area (Å²) < 4.78 is 12.9. The fourth-order valence-electron chi connectivity index (χ4n) is 2.25. The number of halogens is 1. The van der Waals surface area contributed by atoms with Gasteiger partial charge < -0.3 is 15.5 Å². The fraction of sp³-hybridized carbons (Fsp3) is 0.462. The van der Waals surface area contributed by atoms with Crippen LogP contribution in [0, 0.1) is 5.82 Å². The van der Waals surface area contributed by atoms with Crippen molar-refractivity contribution in [3.63, 3.8) is 0 Å². The average molecular weight is 251 g/mol.